The summed E-state index contributed by atoms with van der Waals surface area (Å²) in [5.74, 6) is -3.22. The summed E-state index contributed by atoms with van der Waals surface area (Å²) in [6.45, 7) is -0.0931. The molecule has 0 bridgehead atoms. The number of fused-ring (bicyclic) bond motifs is 3. The molecule has 8 nitrogen and oxygen atoms in total. The zero-order valence-corrected chi connectivity index (χ0v) is 18.8. The second-order valence-corrected chi connectivity index (χ2v) is 7.97. The van der Waals surface area contributed by atoms with Gasteiger partial charge in [0.05, 0.1) is 12.2 Å². The number of aromatic carboxylic acids is 1. The van der Waals surface area contributed by atoms with Crippen LogP contribution in [-0.2, 0) is 14.3 Å². The normalized spacial score (nSPS) is 12.9. The Balaban J connectivity index is 1.41. The van der Waals surface area contributed by atoms with Crippen molar-refractivity contribution < 1.29 is 33.4 Å². The van der Waals surface area contributed by atoms with Gasteiger partial charge in [-0.25, -0.2) is 14.0 Å². The zero-order chi connectivity index (χ0) is 24.9. The van der Waals surface area contributed by atoms with Gasteiger partial charge in [0, 0.05) is 18.7 Å². The van der Waals surface area contributed by atoms with Crippen molar-refractivity contribution in [3.8, 4) is 11.1 Å². The molecule has 3 aromatic rings. The molecule has 180 valence electrons. The molecule has 3 N–H and O–H groups in total. The number of hydrogen-bond donors (Lipinski definition) is 3. The number of ether oxygens (including phenoxy) is 2. The summed E-state index contributed by atoms with van der Waals surface area (Å²) in [6, 6.07) is 17.8. The van der Waals surface area contributed by atoms with Crippen molar-refractivity contribution in [3.05, 3.63) is 89.2 Å². The molecular weight excluding hydrogens is 455 g/mol. The van der Waals surface area contributed by atoms with Crippen LogP contribution in [-0.4, -0.2) is 49.4 Å². The standard InChI is InChI=1S/C26H23FN2O6/c1-34-14-23(24(30)28-15-10-11-22(27)20(12-15)25(31)32)29-26(33)35-13-21-18-8-4-2-6-16(18)17-7-3-5-9-19(17)21/h2-12,21,23H,13-14H2,1H3,(H,28,30)(H,29,33)(H,31,32). The molecule has 0 fully saturated rings. The van der Waals surface area contributed by atoms with Crippen LogP contribution in [0, 0.1) is 5.82 Å². The van der Waals surface area contributed by atoms with Gasteiger partial charge < -0.3 is 25.2 Å². The highest BCUT2D eigenvalue weighted by atomic mass is 19.1. The van der Waals surface area contributed by atoms with E-state index in [2.05, 4.69) is 10.6 Å². The van der Waals surface area contributed by atoms with E-state index >= 15 is 0 Å². The Morgan fingerprint density at radius 2 is 1.63 bits per heavy atom. The van der Waals surface area contributed by atoms with Gasteiger partial charge in [-0.05, 0) is 40.5 Å². The number of nitrogens with one attached hydrogen (secondary N) is 2. The molecule has 9 heteroatoms. The average Bonchev–Trinajstić information content (AvgIpc) is 3.17. The van der Waals surface area contributed by atoms with Gasteiger partial charge in [-0.2, -0.15) is 0 Å². The number of carboxylic acids is 1. The number of halogens is 1. The third kappa shape index (κ3) is 5.15. The van der Waals surface area contributed by atoms with E-state index < -0.39 is 35.4 Å². The fourth-order valence-electron chi connectivity index (χ4n) is 4.13. The number of alkyl carbamates (subject to hydrolysis) is 1. The smallest absolute Gasteiger partial charge is 0.407 e. The number of rotatable bonds is 8. The number of carbonyl (C=O) groups excluding carboxylic acids is 2. The molecule has 4 rings (SSSR count). The topological polar surface area (TPSA) is 114 Å². The lowest BCUT2D eigenvalue weighted by Crippen LogP contribution is -2.47. The maximum absolute atomic E-state index is 13.6. The number of carbonyl (C=O) groups is 3. The van der Waals surface area contributed by atoms with E-state index in [1.54, 1.807) is 0 Å². The van der Waals surface area contributed by atoms with Gasteiger partial charge >= 0.3 is 12.1 Å². The van der Waals surface area contributed by atoms with Gasteiger partial charge in [0.15, 0.2) is 0 Å². The third-order valence-corrected chi connectivity index (χ3v) is 5.75. The molecule has 0 heterocycles. The Labute approximate surface area is 200 Å². The summed E-state index contributed by atoms with van der Waals surface area (Å²) in [7, 11) is 1.36. The monoisotopic (exact) mass is 478 g/mol. The minimum Gasteiger partial charge on any atom is -0.478 e. The van der Waals surface area contributed by atoms with Crippen LogP contribution < -0.4 is 10.6 Å². The highest BCUT2D eigenvalue weighted by molar-refractivity contribution is 5.98. The number of hydrogen-bond acceptors (Lipinski definition) is 5. The third-order valence-electron chi connectivity index (χ3n) is 5.75. The quantitative estimate of drug-likeness (QED) is 0.451. The van der Waals surface area contributed by atoms with Crippen LogP contribution >= 0.6 is 0 Å². The average molecular weight is 478 g/mol. The molecule has 0 saturated heterocycles. The minimum absolute atomic E-state index is 0.0595. The van der Waals surface area contributed by atoms with Gasteiger partial charge in [-0.3, -0.25) is 4.79 Å². The van der Waals surface area contributed by atoms with Gasteiger partial charge in [0.1, 0.15) is 18.5 Å². The second-order valence-electron chi connectivity index (χ2n) is 7.97. The van der Waals surface area contributed by atoms with E-state index in [0.29, 0.717) is 0 Å². The van der Waals surface area contributed by atoms with Crippen LogP contribution in [0.2, 0.25) is 0 Å². The van der Waals surface area contributed by atoms with E-state index in [9.17, 15) is 18.8 Å². The fraction of sp³-hybridized carbons (Fsp3) is 0.192. The molecule has 1 atom stereocenters. The Morgan fingerprint density at radius 1 is 1.00 bits per heavy atom. The Hall–Kier alpha value is -4.24. The van der Waals surface area contributed by atoms with Gasteiger partial charge in [-0.1, -0.05) is 48.5 Å². The first-order valence-corrected chi connectivity index (χ1v) is 10.8. The van der Waals surface area contributed by atoms with E-state index in [4.69, 9.17) is 14.6 Å². The molecule has 3 aromatic carbocycles. The Kier molecular flexibility index (Phi) is 7.07. The van der Waals surface area contributed by atoms with E-state index in [0.717, 1.165) is 34.4 Å². The summed E-state index contributed by atoms with van der Waals surface area (Å²) < 4.78 is 24.1. The maximum atomic E-state index is 13.6. The number of carboxylic acid groups (broad SMARTS) is 1. The fourth-order valence-corrected chi connectivity index (χ4v) is 4.13. The lowest BCUT2D eigenvalue weighted by atomic mass is 9.98. The molecule has 0 spiro atoms. The maximum Gasteiger partial charge on any atom is 0.407 e. The first-order valence-electron chi connectivity index (χ1n) is 10.8. The number of benzene rings is 3. The highest BCUT2D eigenvalue weighted by Gasteiger charge is 2.30. The molecule has 1 aliphatic carbocycles. The molecule has 2 amide bonds. The lowest BCUT2D eigenvalue weighted by molar-refractivity contribution is -0.119. The molecule has 0 aromatic heterocycles. The molecule has 1 unspecified atom stereocenters. The molecular formula is C26H23FN2O6. The first-order chi connectivity index (χ1) is 16.9. The molecule has 35 heavy (non-hydrogen) atoms. The second kappa shape index (κ2) is 10.4. The predicted octanol–water partition coefficient (Wildman–Crippen LogP) is 4.02. The van der Waals surface area contributed by atoms with Gasteiger partial charge in [0.25, 0.3) is 0 Å². The van der Waals surface area contributed by atoms with Crippen LogP contribution in [0.25, 0.3) is 11.1 Å². The van der Waals surface area contributed by atoms with E-state index in [-0.39, 0.29) is 24.8 Å². The first kappa shape index (κ1) is 23.9. The Morgan fingerprint density at radius 3 is 2.23 bits per heavy atom. The van der Waals surface area contributed by atoms with Crippen LogP contribution in [0.15, 0.2) is 66.7 Å². The summed E-state index contributed by atoms with van der Waals surface area (Å²) >= 11 is 0. The zero-order valence-electron chi connectivity index (χ0n) is 18.8. The summed E-state index contributed by atoms with van der Waals surface area (Å²) in [5, 5.41) is 14.0. The van der Waals surface area contributed by atoms with Crippen molar-refractivity contribution in [2.75, 3.05) is 25.6 Å². The number of methoxy groups -OCH3 is 1. The van der Waals surface area contributed by atoms with Crippen LogP contribution in [0.1, 0.15) is 27.4 Å². The largest absolute Gasteiger partial charge is 0.478 e. The van der Waals surface area contributed by atoms with Crippen molar-refractivity contribution in [2.24, 2.45) is 0 Å². The number of amides is 2. The Bertz CT molecular complexity index is 1230. The van der Waals surface area contributed by atoms with Crippen LogP contribution in [0.3, 0.4) is 0 Å². The SMILES string of the molecule is COCC(NC(=O)OCC1c2ccccc2-c2ccccc21)C(=O)Nc1ccc(F)c(C(=O)O)c1. The minimum atomic E-state index is -1.47. The van der Waals surface area contributed by atoms with Crippen molar-refractivity contribution >= 4 is 23.7 Å². The van der Waals surface area contributed by atoms with Crippen LogP contribution in [0.4, 0.5) is 14.9 Å². The van der Waals surface area contributed by atoms with Crippen molar-refractivity contribution in [1.29, 1.82) is 0 Å². The van der Waals surface area contributed by atoms with Crippen molar-refractivity contribution in [3.63, 3.8) is 0 Å². The predicted molar refractivity (Wildman–Crippen MR) is 126 cm³/mol. The summed E-state index contributed by atoms with van der Waals surface area (Å²) in [5.41, 5.74) is 3.76. The van der Waals surface area contributed by atoms with Gasteiger partial charge in [0.2, 0.25) is 5.91 Å². The molecule has 0 saturated carbocycles. The van der Waals surface area contributed by atoms with E-state index in [1.807, 2.05) is 48.5 Å². The van der Waals surface area contributed by atoms with Crippen molar-refractivity contribution in [1.82, 2.24) is 5.32 Å². The lowest BCUT2D eigenvalue weighted by Gasteiger charge is -2.19. The van der Waals surface area contributed by atoms with Crippen molar-refractivity contribution in [2.45, 2.75) is 12.0 Å². The summed E-state index contributed by atoms with van der Waals surface area (Å²) in [6.07, 6.45) is -0.811. The summed E-state index contributed by atoms with van der Waals surface area (Å²) in [4.78, 5) is 36.4. The van der Waals surface area contributed by atoms with E-state index in [1.165, 1.54) is 13.2 Å². The molecule has 0 radical (unpaired) electrons. The molecule has 0 aliphatic heterocycles. The highest BCUT2D eigenvalue weighted by Crippen LogP contribution is 2.44. The van der Waals surface area contributed by atoms with Crippen LogP contribution in [0.5, 0.6) is 0 Å². The van der Waals surface area contributed by atoms with Gasteiger partial charge in [-0.15, -0.1) is 0 Å². The molecule has 1 aliphatic rings. The number of anilines is 1.